The van der Waals surface area contributed by atoms with E-state index in [0.717, 1.165) is 0 Å². The number of nitrogens with one attached hydrogen (secondary N) is 1. The molecular formula is C13H18N2O2S. The van der Waals surface area contributed by atoms with Gasteiger partial charge in [0.25, 0.3) is 5.91 Å². The number of amides is 1. The molecule has 5 heteroatoms. The van der Waals surface area contributed by atoms with Gasteiger partial charge in [0.15, 0.2) is 0 Å². The summed E-state index contributed by atoms with van der Waals surface area (Å²) in [6.07, 6.45) is 0. The van der Waals surface area contributed by atoms with Crippen LogP contribution in [0.1, 0.15) is 31.1 Å². The highest BCUT2D eigenvalue weighted by Crippen LogP contribution is 2.18. The van der Waals surface area contributed by atoms with Crippen molar-refractivity contribution in [2.75, 3.05) is 6.61 Å². The maximum atomic E-state index is 12.2. The van der Waals surface area contributed by atoms with Crippen LogP contribution >= 0.6 is 12.2 Å². The molecule has 98 valence electrons. The zero-order valence-corrected chi connectivity index (χ0v) is 11.6. The minimum Gasteiger partial charge on any atom is -0.493 e. The molecule has 0 saturated heterocycles. The van der Waals surface area contributed by atoms with E-state index in [2.05, 4.69) is 5.32 Å². The molecule has 0 aromatic heterocycles. The first-order valence-corrected chi connectivity index (χ1v) is 6.13. The number of hydrogen-bond donors (Lipinski definition) is 2. The predicted octanol–water partition coefficient (Wildman–Crippen LogP) is 1.88. The molecule has 3 N–H and O–H groups in total. The lowest BCUT2D eigenvalue weighted by Crippen LogP contribution is -2.52. The van der Waals surface area contributed by atoms with Gasteiger partial charge in [-0.25, -0.2) is 0 Å². The first kappa shape index (κ1) is 14.4. The largest absolute Gasteiger partial charge is 0.493 e. The zero-order valence-electron chi connectivity index (χ0n) is 10.8. The fourth-order valence-electron chi connectivity index (χ4n) is 1.35. The number of hydrogen-bond acceptors (Lipinski definition) is 3. The zero-order chi connectivity index (χ0) is 13.8. The van der Waals surface area contributed by atoms with Crippen LogP contribution in [0.3, 0.4) is 0 Å². The van der Waals surface area contributed by atoms with Crippen LogP contribution in [0.5, 0.6) is 5.75 Å². The van der Waals surface area contributed by atoms with Crippen molar-refractivity contribution >= 4 is 23.1 Å². The highest BCUT2D eigenvalue weighted by Gasteiger charge is 2.25. The molecule has 0 spiro atoms. The molecular weight excluding hydrogens is 248 g/mol. The van der Waals surface area contributed by atoms with E-state index in [1.807, 2.05) is 13.0 Å². The van der Waals surface area contributed by atoms with E-state index in [1.54, 1.807) is 32.0 Å². The second-order valence-electron chi connectivity index (χ2n) is 4.37. The molecule has 0 aliphatic heterocycles. The minimum absolute atomic E-state index is 0.241. The van der Waals surface area contributed by atoms with Gasteiger partial charge in [-0.1, -0.05) is 24.4 Å². The minimum atomic E-state index is -0.730. The number of carbonyl (C=O) groups is 1. The number of nitrogens with two attached hydrogens (primary N) is 1. The van der Waals surface area contributed by atoms with Crippen molar-refractivity contribution in [2.45, 2.75) is 26.3 Å². The molecule has 4 nitrogen and oxygen atoms in total. The van der Waals surface area contributed by atoms with Crippen LogP contribution < -0.4 is 15.8 Å². The topological polar surface area (TPSA) is 64.3 Å². The summed E-state index contributed by atoms with van der Waals surface area (Å²) in [5.74, 6) is 0.299. The summed E-state index contributed by atoms with van der Waals surface area (Å²) in [5, 5.41) is 2.79. The van der Waals surface area contributed by atoms with Crippen LogP contribution in [0, 0.1) is 0 Å². The summed E-state index contributed by atoms with van der Waals surface area (Å²) >= 11 is 4.92. The molecule has 0 aliphatic rings. The Morgan fingerprint density at radius 3 is 2.61 bits per heavy atom. The molecule has 1 rings (SSSR count). The van der Waals surface area contributed by atoms with Crippen LogP contribution in [0.4, 0.5) is 0 Å². The van der Waals surface area contributed by atoms with E-state index in [-0.39, 0.29) is 10.9 Å². The van der Waals surface area contributed by atoms with Gasteiger partial charge < -0.3 is 15.8 Å². The van der Waals surface area contributed by atoms with Crippen molar-refractivity contribution in [1.82, 2.24) is 5.32 Å². The number of ether oxygens (including phenoxy) is 1. The van der Waals surface area contributed by atoms with E-state index in [1.165, 1.54) is 0 Å². The van der Waals surface area contributed by atoms with Gasteiger partial charge >= 0.3 is 0 Å². The molecule has 1 amide bonds. The Labute approximate surface area is 113 Å². The molecule has 18 heavy (non-hydrogen) atoms. The molecule has 0 atom stereocenters. The summed E-state index contributed by atoms with van der Waals surface area (Å²) in [6, 6.07) is 7.06. The highest BCUT2D eigenvalue weighted by atomic mass is 32.1. The van der Waals surface area contributed by atoms with Gasteiger partial charge in [-0.15, -0.1) is 0 Å². The Morgan fingerprint density at radius 1 is 1.44 bits per heavy atom. The van der Waals surface area contributed by atoms with Crippen molar-refractivity contribution in [3.63, 3.8) is 0 Å². The van der Waals surface area contributed by atoms with Gasteiger partial charge in [0.05, 0.1) is 22.7 Å². The van der Waals surface area contributed by atoms with Gasteiger partial charge in [-0.05, 0) is 32.9 Å². The molecule has 0 radical (unpaired) electrons. The van der Waals surface area contributed by atoms with Crippen molar-refractivity contribution in [2.24, 2.45) is 5.73 Å². The fraction of sp³-hybridized carbons (Fsp3) is 0.385. The van der Waals surface area contributed by atoms with E-state index in [9.17, 15) is 4.79 Å². The maximum Gasteiger partial charge on any atom is 0.255 e. The summed E-state index contributed by atoms with van der Waals surface area (Å²) in [6.45, 7) is 5.89. The van der Waals surface area contributed by atoms with Crippen LogP contribution in [0.2, 0.25) is 0 Å². The first-order valence-electron chi connectivity index (χ1n) is 5.72. The molecule has 0 aliphatic carbocycles. The third kappa shape index (κ3) is 3.43. The summed E-state index contributed by atoms with van der Waals surface area (Å²) < 4.78 is 5.41. The molecule has 0 saturated carbocycles. The second kappa shape index (κ2) is 5.82. The first-order chi connectivity index (χ1) is 8.38. The Balaban J connectivity index is 2.94. The van der Waals surface area contributed by atoms with E-state index < -0.39 is 5.54 Å². The highest BCUT2D eigenvalue weighted by molar-refractivity contribution is 7.80. The smallest absolute Gasteiger partial charge is 0.255 e. The lowest BCUT2D eigenvalue weighted by Gasteiger charge is -2.25. The number of thiocarbonyl (C=S) groups is 1. The SMILES string of the molecule is CCOc1ccccc1C(=O)NC(C)(C)C(N)=S. The van der Waals surface area contributed by atoms with Gasteiger partial charge in [-0.3, -0.25) is 4.79 Å². The van der Waals surface area contributed by atoms with Crippen molar-refractivity contribution in [3.05, 3.63) is 29.8 Å². The Hall–Kier alpha value is -1.62. The fourth-order valence-corrected chi connectivity index (χ4v) is 1.40. The van der Waals surface area contributed by atoms with Crippen LogP contribution in [-0.2, 0) is 0 Å². The van der Waals surface area contributed by atoms with Crippen LogP contribution in [-0.4, -0.2) is 23.0 Å². The molecule has 1 aromatic rings. The summed E-state index contributed by atoms with van der Waals surface area (Å²) in [5.41, 5.74) is 5.32. The van der Waals surface area contributed by atoms with Gasteiger partial charge in [0, 0.05) is 0 Å². The quantitative estimate of drug-likeness (QED) is 0.799. The monoisotopic (exact) mass is 266 g/mol. The predicted molar refractivity (Wildman–Crippen MR) is 75.9 cm³/mol. The van der Waals surface area contributed by atoms with Crippen molar-refractivity contribution in [3.8, 4) is 5.75 Å². The van der Waals surface area contributed by atoms with Gasteiger partial charge in [0.1, 0.15) is 5.75 Å². The lowest BCUT2D eigenvalue weighted by molar-refractivity contribution is 0.0928. The van der Waals surface area contributed by atoms with E-state index >= 15 is 0 Å². The van der Waals surface area contributed by atoms with Crippen molar-refractivity contribution in [1.29, 1.82) is 0 Å². The number of para-hydroxylation sites is 1. The molecule has 0 unspecified atom stereocenters. The second-order valence-corrected chi connectivity index (χ2v) is 4.81. The number of rotatable bonds is 5. The Bertz CT molecular complexity index is 458. The number of benzene rings is 1. The Kier molecular flexibility index (Phi) is 4.67. The van der Waals surface area contributed by atoms with Gasteiger partial charge in [-0.2, -0.15) is 0 Å². The van der Waals surface area contributed by atoms with Crippen LogP contribution in [0.15, 0.2) is 24.3 Å². The van der Waals surface area contributed by atoms with Gasteiger partial charge in [0.2, 0.25) is 0 Å². The van der Waals surface area contributed by atoms with Crippen LogP contribution in [0.25, 0.3) is 0 Å². The molecule has 0 bridgehead atoms. The molecule has 0 fully saturated rings. The van der Waals surface area contributed by atoms with E-state index in [0.29, 0.717) is 17.9 Å². The summed E-state index contributed by atoms with van der Waals surface area (Å²) in [4.78, 5) is 12.4. The maximum absolute atomic E-state index is 12.2. The molecule has 1 aromatic carbocycles. The lowest BCUT2D eigenvalue weighted by atomic mass is 10.0. The third-order valence-electron chi connectivity index (χ3n) is 2.47. The average Bonchev–Trinajstić information content (AvgIpc) is 2.29. The average molecular weight is 266 g/mol. The number of carbonyl (C=O) groups excluding carboxylic acids is 1. The van der Waals surface area contributed by atoms with Crippen molar-refractivity contribution < 1.29 is 9.53 Å². The third-order valence-corrected chi connectivity index (χ3v) is 2.98. The Morgan fingerprint density at radius 2 is 2.06 bits per heavy atom. The standard InChI is InChI=1S/C13H18N2O2S/c1-4-17-10-8-6-5-7-9(10)11(16)15-13(2,3)12(14)18/h5-8H,4H2,1-3H3,(H2,14,18)(H,15,16). The van der Waals surface area contributed by atoms with E-state index in [4.69, 9.17) is 22.7 Å². The molecule has 0 heterocycles. The normalized spacial score (nSPS) is 10.8. The summed E-state index contributed by atoms with van der Waals surface area (Å²) in [7, 11) is 0.